The number of hydrogen-bond donors (Lipinski definition) is 1. The number of carbonyl (C=O) groups is 2. The van der Waals surface area contributed by atoms with E-state index in [2.05, 4.69) is 5.32 Å². The van der Waals surface area contributed by atoms with Crippen molar-refractivity contribution in [3.63, 3.8) is 0 Å². The summed E-state index contributed by atoms with van der Waals surface area (Å²) in [6.07, 6.45) is -3.74. The molecule has 1 aromatic heterocycles. The third-order valence-electron chi connectivity index (χ3n) is 5.90. The van der Waals surface area contributed by atoms with E-state index in [9.17, 15) is 22.8 Å². The van der Waals surface area contributed by atoms with Gasteiger partial charge in [-0.2, -0.15) is 13.2 Å². The van der Waals surface area contributed by atoms with Crippen LogP contribution in [0.15, 0.2) is 71.1 Å². The standard InChI is InChI=1S/C26H26F3N3O3/c27-26(28,29)21-8-4-5-9-22(21)30-24(33)18-31-14-16-32(17-15-31)25(34)13-11-20-10-12-23(35-20)19-6-2-1-3-7-19/h1-10,12H,11,13-18H2,(H,30,33). The van der Waals surface area contributed by atoms with Gasteiger partial charge in [-0.15, -0.1) is 0 Å². The molecule has 2 amide bonds. The van der Waals surface area contributed by atoms with Gasteiger partial charge in [0.2, 0.25) is 11.8 Å². The Labute approximate surface area is 201 Å². The SMILES string of the molecule is O=C(CN1CCN(C(=O)CCc2ccc(-c3ccccc3)o2)CC1)Nc1ccccc1C(F)(F)F. The fourth-order valence-electron chi connectivity index (χ4n) is 4.05. The van der Waals surface area contributed by atoms with Crippen molar-refractivity contribution in [3.05, 3.63) is 78.1 Å². The average molecular weight is 486 g/mol. The van der Waals surface area contributed by atoms with Crippen LogP contribution in [-0.2, 0) is 22.2 Å². The minimum atomic E-state index is -4.55. The van der Waals surface area contributed by atoms with Gasteiger partial charge in [0.05, 0.1) is 17.8 Å². The molecule has 0 aliphatic carbocycles. The number of para-hydroxylation sites is 1. The van der Waals surface area contributed by atoms with E-state index in [4.69, 9.17) is 4.42 Å². The number of aryl methyl sites for hydroxylation is 1. The highest BCUT2D eigenvalue weighted by Gasteiger charge is 2.33. The first-order chi connectivity index (χ1) is 16.8. The average Bonchev–Trinajstić information content (AvgIpc) is 3.32. The molecule has 0 atom stereocenters. The van der Waals surface area contributed by atoms with Gasteiger partial charge in [0.1, 0.15) is 11.5 Å². The Morgan fingerprint density at radius 2 is 1.57 bits per heavy atom. The Hall–Kier alpha value is -3.59. The maximum absolute atomic E-state index is 13.1. The van der Waals surface area contributed by atoms with Gasteiger partial charge in [0.15, 0.2) is 0 Å². The molecule has 35 heavy (non-hydrogen) atoms. The Kier molecular flexibility index (Phi) is 7.55. The lowest BCUT2D eigenvalue weighted by Crippen LogP contribution is -2.50. The van der Waals surface area contributed by atoms with E-state index >= 15 is 0 Å². The molecular weight excluding hydrogens is 459 g/mol. The smallest absolute Gasteiger partial charge is 0.418 e. The monoisotopic (exact) mass is 485 g/mol. The first kappa shape index (κ1) is 24.5. The lowest BCUT2D eigenvalue weighted by atomic mass is 10.1. The van der Waals surface area contributed by atoms with Crippen LogP contribution in [-0.4, -0.2) is 54.3 Å². The summed E-state index contributed by atoms with van der Waals surface area (Å²) in [5.74, 6) is 0.990. The molecule has 4 rings (SSSR count). The van der Waals surface area contributed by atoms with Crippen molar-refractivity contribution in [1.82, 2.24) is 9.80 Å². The van der Waals surface area contributed by atoms with Gasteiger partial charge in [-0.25, -0.2) is 0 Å². The number of alkyl halides is 3. The molecule has 1 N–H and O–H groups in total. The van der Waals surface area contributed by atoms with Crippen molar-refractivity contribution in [2.75, 3.05) is 38.0 Å². The van der Waals surface area contributed by atoms with Crippen LogP contribution in [0.1, 0.15) is 17.7 Å². The molecule has 9 heteroatoms. The molecule has 0 bridgehead atoms. The molecule has 1 aliphatic rings. The Bertz CT molecular complexity index is 1150. The van der Waals surface area contributed by atoms with Gasteiger partial charge in [0, 0.05) is 44.6 Å². The van der Waals surface area contributed by atoms with E-state index < -0.39 is 17.6 Å². The number of furan rings is 1. The Morgan fingerprint density at radius 3 is 2.29 bits per heavy atom. The number of carbonyl (C=O) groups excluding carboxylic acids is 2. The second kappa shape index (κ2) is 10.8. The van der Waals surface area contributed by atoms with Crippen molar-refractivity contribution in [2.24, 2.45) is 0 Å². The fourth-order valence-corrected chi connectivity index (χ4v) is 4.05. The summed E-state index contributed by atoms with van der Waals surface area (Å²) in [4.78, 5) is 28.5. The van der Waals surface area contributed by atoms with Gasteiger partial charge < -0.3 is 14.6 Å². The summed E-state index contributed by atoms with van der Waals surface area (Å²) in [5, 5.41) is 2.36. The van der Waals surface area contributed by atoms with E-state index in [1.807, 2.05) is 47.4 Å². The van der Waals surface area contributed by atoms with Crippen LogP contribution in [0.2, 0.25) is 0 Å². The van der Waals surface area contributed by atoms with E-state index in [1.54, 1.807) is 4.90 Å². The lowest BCUT2D eigenvalue weighted by molar-refractivity contribution is -0.137. The predicted molar refractivity (Wildman–Crippen MR) is 126 cm³/mol. The van der Waals surface area contributed by atoms with E-state index in [0.717, 1.165) is 23.2 Å². The Balaban J connectivity index is 1.21. The number of hydrogen-bond acceptors (Lipinski definition) is 4. The third kappa shape index (κ3) is 6.51. The van der Waals surface area contributed by atoms with Crippen molar-refractivity contribution >= 4 is 17.5 Å². The van der Waals surface area contributed by atoms with Crippen LogP contribution in [0.5, 0.6) is 0 Å². The molecule has 0 saturated carbocycles. The maximum atomic E-state index is 13.1. The highest BCUT2D eigenvalue weighted by atomic mass is 19.4. The van der Waals surface area contributed by atoms with E-state index in [0.29, 0.717) is 39.0 Å². The number of nitrogens with zero attached hydrogens (tertiary/aromatic N) is 2. The first-order valence-corrected chi connectivity index (χ1v) is 11.4. The number of piperazine rings is 1. The molecule has 2 heterocycles. The molecule has 0 radical (unpaired) electrons. The second-order valence-corrected chi connectivity index (χ2v) is 8.38. The second-order valence-electron chi connectivity index (χ2n) is 8.38. The van der Waals surface area contributed by atoms with Gasteiger partial charge in [-0.1, -0.05) is 42.5 Å². The molecule has 0 spiro atoms. The first-order valence-electron chi connectivity index (χ1n) is 11.4. The maximum Gasteiger partial charge on any atom is 0.418 e. The van der Waals surface area contributed by atoms with E-state index in [1.165, 1.54) is 18.2 Å². The van der Waals surface area contributed by atoms with Gasteiger partial charge >= 0.3 is 6.18 Å². The fraction of sp³-hybridized carbons (Fsp3) is 0.308. The highest BCUT2D eigenvalue weighted by molar-refractivity contribution is 5.93. The summed E-state index contributed by atoms with van der Waals surface area (Å²) >= 11 is 0. The molecule has 3 aromatic rings. The summed E-state index contributed by atoms with van der Waals surface area (Å²) < 4.78 is 45.2. The molecule has 2 aromatic carbocycles. The Morgan fingerprint density at radius 1 is 0.886 bits per heavy atom. The van der Waals surface area contributed by atoms with Crippen LogP contribution in [0.25, 0.3) is 11.3 Å². The molecule has 1 saturated heterocycles. The highest BCUT2D eigenvalue weighted by Crippen LogP contribution is 2.34. The zero-order valence-corrected chi connectivity index (χ0v) is 19.1. The molecular formula is C26H26F3N3O3. The van der Waals surface area contributed by atoms with Crippen LogP contribution in [0.4, 0.5) is 18.9 Å². The number of halogens is 3. The van der Waals surface area contributed by atoms with Crippen LogP contribution < -0.4 is 5.32 Å². The predicted octanol–water partition coefficient (Wildman–Crippen LogP) is 4.68. The minimum Gasteiger partial charge on any atom is -0.461 e. The van der Waals surface area contributed by atoms with E-state index in [-0.39, 0.29) is 18.1 Å². The van der Waals surface area contributed by atoms with Crippen molar-refractivity contribution in [2.45, 2.75) is 19.0 Å². The minimum absolute atomic E-state index is 0.00543. The number of anilines is 1. The van der Waals surface area contributed by atoms with Crippen LogP contribution >= 0.6 is 0 Å². The lowest BCUT2D eigenvalue weighted by Gasteiger charge is -2.34. The summed E-state index contributed by atoms with van der Waals surface area (Å²) in [7, 11) is 0. The summed E-state index contributed by atoms with van der Waals surface area (Å²) in [6.45, 7) is 1.82. The molecule has 6 nitrogen and oxygen atoms in total. The van der Waals surface area contributed by atoms with Crippen LogP contribution in [0, 0.1) is 0 Å². The number of nitrogens with one attached hydrogen (secondary N) is 1. The summed E-state index contributed by atoms with van der Waals surface area (Å²) in [6, 6.07) is 18.4. The zero-order valence-electron chi connectivity index (χ0n) is 19.1. The molecule has 1 aliphatic heterocycles. The third-order valence-corrected chi connectivity index (χ3v) is 5.90. The van der Waals surface area contributed by atoms with Gasteiger partial charge in [0.25, 0.3) is 0 Å². The molecule has 0 unspecified atom stereocenters. The van der Waals surface area contributed by atoms with Gasteiger partial charge in [-0.05, 0) is 24.3 Å². The number of benzene rings is 2. The van der Waals surface area contributed by atoms with Crippen molar-refractivity contribution < 1.29 is 27.2 Å². The van der Waals surface area contributed by atoms with Crippen molar-refractivity contribution in [1.29, 1.82) is 0 Å². The number of amides is 2. The molecule has 1 fully saturated rings. The van der Waals surface area contributed by atoms with Crippen LogP contribution in [0.3, 0.4) is 0 Å². The summed E-state index contributed by atoms with van der Waals surface area (Å²) in [5.41, 5.74) is -0.157. The van der Waals surface area contributed by atoms with Crippen molar-refractivity contribution in [3.8, 4) is 11.3 Å². The normalized spacial score (nSPS) is 14.7. The number of rotatable bonds is 7. The quantitative estimate of drug-likeness (QED) is 0.528. The van der Waals surface area contributed by atoms with Gasteiger partial charge in [-0.3, -0.25) is 14.5 Å². The molecule has 184 valence electrons. The largest absolute Gasteiger partial charge is 0.461 e. The topological polar surface area (TPSA) is 65.8 Å². The zero-order chi connectivity index (χ0) is 24.8.